The fourth-order valence-corrected chi connectivity index (χ4v) is 1.70. The van der Waals surface area contributed by atoms with Crippen molar-refractivity contribution < 1.29 is 4.73 Å². The smallest absolute Gasteiger partial charge is 0.180 e. The van der Waals surface area contributed by atoms with Gasteiger partial charge in [0.1, 0.15) is 0 Å². The van der Waals surface area contributed by atoms with Gasteiger partial charge in [0.2, 0.25) is 0 Å². The molecule has 1 saturated heterocycles. The molecule has 1 aromatic rings. The Morgan fingerprint density at radius 1 is 1.29 bits per heavy atom. The summed E-state index contributed by atoms with van der Waals surface area (Å²) in [5, 5.41) is 13.6. The average Bonchev–Trinajstić information content (AvgIpc) is 2.28. The number of piperazine rings is 1. The quantitative estimate of drug-likeness (QED) is 0.541. The highest BCUT2D eigenvalue weighted by molar-refractivity contribution is 4.93. The normalized spacial score (nSPS) is 23.6. The standard InChI is InChI=1S/C8H18N2.C5H5NO/c1-7-8(2,3)10(4)6-5-9-7;7-6-4-2-1-3-5-6/h7,9H,5-6H2,1-4H3;1-5H. The van der Waals surface area contributed by atoms with E-state index in [4.69, 9.17) is 0 Å². The average molecular weight is 237 g/mol. The van der Waals surface area contributed by atoms with Crippen LogP contribution >= 0.6 is 0 Å². The van der Waals surface area contributed by atoms with E-state index < -0.39 is 0 Å². The van der Waals surface area contributed by atoms with Crippen molar-refractivity contribution in [3.05, 3.63) is 35.8 Å². The summed E-state index contributed by atoms with van der Waals surface area (Å²) in [5.74, 6) is 0. The number of hydrogen-bond acceptors (Lipinski definition) is 3. The molecule has 17 heavy (non-hydrogen) atoms. The Kier molecular flexibility index (Phi) is 4.90. The van der Waals surface area contributed by atoms with E-state index in [1.54, 1.807) is 18.2 Å². The monoisotopic (exact) mass is 237 g/mol. The van der Waals surface area contributed by atoms with Gasteiger partial charge in [-0.15, -0.1) is 0 Å². The van der Waals surface area contributed by atoms with Gasteiger partial charge in [0.25, 0.3) is 0 Å². The van der Waals surface area contributed by atoms with E-state index in [1.807, 2.05) is 0 Å². The lowest BCUT2D eigenvalue weighted by Gasteiger charge is -2.45. The number of hydrogen-bond donors (Lipinski definition) is 1. The first-order valence-corrected chi connectivity index (χ1v) is 6.03. The van der Waals surface area contributed by atoms with Crippen LogP contribution in [-0.2, 0) is 0 Å². The van der Waals surface area contributed by atoms with E-state index >= 15 is 0 Å². The summed E-state index contributed by atoms with van der Waals surface area (Å²) in [6, 6.07) is 5.78. The second-order valence-corrected chi connectivity index (χ2v) is 4.99. The summed E-state index contributed by atoms with van der Waals surface area (Å²) in [5.41, 5.74) is 0.318. The van der Waals surface area contributed by atoms with Crippen LogP contribution in [0, 0.1) is 5.21 Å². The lowest BCUT2D eigenvalue weighted by Crippen LogP contribution is -2.61. The molecule has 0 bridgehead atoms. The Morgan fingerprint density at radius 2 is 1.88 bits per heavy atom. The Balaban J connectivity index is 0.000000181. The third-order valence-corrected chi connectivity index (χ3v) is 3.63. The number of nitrogens with zero attached hydrogens (tertiary/aromatic N) is 2. The van der Waals surface area contributed by atoms with Gasteiger partial charge in [0.15, 0.2) is 12.4 Å². The molecule has 2 rings (SSSR count). The summed E-state index contributed by atoms with van der Waals surface area (Å²) < 4.78 is 0.750. The molecule has 96 valence electrons. The minimum Gasteiger partial charge on any atom is -0.619 e. The van der Waals surface area contributed by atoms with Crippen molar-refractivity contribution in [3.8, 4) is 0 Å². The molecule has 4 nitrogen and oxygen atoms in total. The molecule has 1 N–H and O–H groups in total. The molecule has 0 spiro atoms. The highest BCUT2D eigenvalue weighted by atomic mass is 16.5. The van der Waals surface area contributed by atoms with Gasteiger partial charge in [-0.2, -0.15) is 4.73 Å². The molecule has 1 fully saturated rings. The molecule has 0 aromatic carbocycles. The zero-order valence-electron chi connectivity index (χ0n) is 11.2. The molecular weight excluding hydrogens is 214 g/mol. The van der Waals surface area contributed by atoms with Gasteiger partial charge in [-0.05, 0) is 27.8 Å². The molecule has 1 aliphatic rings. The van der Waals surface area contributed by atoms with Crippen LogP contribution in [0.5, 0.6) is 0 Å². The fourth-order valence-electron chi connectivity index (χ4n) is 1.70. The largest absolute Gasteiger partial charge is 0.619 e. The van der Waals surface area contributed by atoms with Crippen LogP contribution in [0.1, 0.15) is 20.8 Å². The van der Waals surface area contributed by atoms with Gasteiger partial charge in [0, 0.05) is 36.8 Å². The van der Waals surface area contributed by atoms with Crippen LogP contribution in [0.2, 0.25) is 0 Å². The van der Waals surface area contributed by atoms with E-state index in [0.29, 0.717) is 11.6 Å². The highest BCUT2D eigenvalue weighted by Crippen LogP contribution is 2.19. The van der Waals surface area contributed by atoms with Crippen molar-refractivity contribution in [2.75, 3.05) is 20.1 Å². The predicted octanol–water partition coefficient (Wildman–Crippen LogP) is 1.01. The summed E-state index contributed by atoms with van der Waals surface area (Å²) in [6.45, 7) is 9.10. The lowest BCUT2D eigenvalue weighted by molar-refractivity contribution is -0.605. The first-order chi connectivity index (χ1) is 7.94. The maximum atomic E-state index is 10.2. The van der Waals surface area contributed by atoms with Gasteiger partial charge in [-0.3, -0.25) is 4.90 Å². The van der Waals surface area contributed by atoms with E-state index in [0.717, 1.165) is 17.8 Å². The highest BCUT2D eigenvalue weighted by Gasteiger charge is 2.32. The lowest BCUT2D eigenvalue weighted by atomic mass is 9.92. The Hall–Kier alpha value is -1.13. The van der Waals surface area contributed by atoms with E-state index in [2.05, 4.69) is 38.0 Å². The van der Waals surface area contributed by atoms with E-state index in [9.17, 15) is 5.21 Å². The first kappa shape index (κ1) is 13.9. The Labute approximate surface area is 104 Å². The second kappa shape index (κ2) is 5.98. The van der Waals surface area contributed by atoms with E-state index in [-0.39, 0.29) is 0 Å². The topological polar surface area (TPSA) is 42.2 Å². The Morgan fingerprint density at radius 3 is 2.24 bits per heavy atom. The van der Waals surface area contributed by atoms with Crippen molar-refractivity contribution in [1.82, 2.24) is 10.2 Å². The van der Waals surface area contributed by atoms with Crippen molar-refractivity contribution in [2.45, 2.75) is 32.4 Å². The summed E-state index contributed by atoms with van der Waals surface area (Å²) >= 11 is 0. The fraction of sp³-hybridized carbons (Fsp3) is 0.615. The third-order valence-electron chi connectivity index (χ3n) is 3.63. The minimum absolute atomic E-state index is 0.318. The van der Waals surface area contributed by atoms with Crippen LogP contribution in [0.15, 0.2) is 30.6 Å². The summed E-state index contributed by atoms with van der Waals surface area (Å²) in [6.07, 6.45) is 2.89. The third kappa shape index (κ3) is 3.98. The maximum absolute atomic E-state index is 10.2. The zero-order valence-corrected chi connectivity index (χ0v) is 11.2. The number of rotatable bonds is 0. The summed E-state index contributed by atoms with van der Waals surface area (Å²) in [7, 11) is 2.19. The van der Waals surface area contributed by atoms with Crippen LogP contribution in [0.4, 0.5) is 0 Å². The SMILES string of the molecule is CC1NCCN(C)C1(C)C.[O-][n+]1ccccc1. The van der Waals surface area contributed by atoms with Gasteiger partial charge in [-0.1, -0.05) is 6.07 Å². The van der Waals surface area contributed by atoms with Crippen molar-refractivity contribution in [3.63, 3.8) is 0 Å². The number of pyridine rings is 1. The zero-order chi connectivity index (χ0) is 12.9. The summed E-state index contributed by atoms with van der Waals surface area (Å²) in [4.78, 5) is 2.41. The first-order valence-electron chi connectivity index (χ1n) is 6.03. The molecule has 1 unspecified atom stereocenters. The molecule has 0 aliphatic carbocycles. The van der Waals surface area contributed by atoms with Gasteiger partial charge in [-0.25, -0.2) is 0 Å². The van der Waals surface area contributed by atoms with Crippen molar-refractivity contribution >= 4 is 0 Å². The molecule has 1 aliphatic heterocycles. The number of nitrogens with one attached hydrogen (secondary N) is 1. The Bertz CT molecular complexity index is 315. The van der Waals surface area contributed by atoms with Crippen molar-refractivity contribution in [1.29, 1.82) is 0 Å². The molecule has 2 heterocycles. The van der Waals surface area contributed by atoms with Crippen LogP contribution in [0.3, 0.4) is 0 Å². The number of aromatic nitrogens is 1. The molecule has 1 aromatic heterocycles. The molecule has 0 amide bonds. The van der Waals surface area contributed by atoms with Crippen LogP contribution < -0.4 is 10.0 Å². The van der Waals surface area contributed by atoms with Gasteiger partial charge >= 0.3 is 0 Å². The van der Waals surface area contributed by atoms with Gasteiger partial charge < -0.3 is 10.5 Å². The van der Waals surface area contributed by atoms with Crippen molar-refractivity contribution in [2.24, 2.45) is 0 Å². The van der Waals surface area contributed by atoms with Gasteiger partial charge in [0.05, 0.1) is 0 Å². The van der Waals surface area contributed by atoms with E-state index in [1.165, 1.54) is 12.4 Å². The minimum atomic E-state index is 0.318. The molecule has 0 saturated carbocycles. The molecular formula is C13H23N3O. The second-order valence-electron chi connectivity index (χ2n) is 4.99. The van der Waals surface area contributed by atoms with Crippen LogP contribution in [-0.4, -0.2) is 36.6 Å². The predicted molar refractivity (Wildman–Crippen MR) is 69.6 cm³/mol. The molecule has 4 heteroatoms. The van der Waals surface area contributed by atoms with Crippen LogP contribution in [0.25, 0.3) is 0 Å². The molecule has 1 atom stereocenters. The number of likely N-dealkylation sites (N-methyl/N-ethyl adjacent to an activating group) is 1. The maximum Gasteiger partial charge on any atom is 0.180 e. The molecule has 0 radical (unpaired) electrons.